The summed E-state index contributed by atoms with van der Waals surface area (Å²) in [5, 5.41) is 15.3. The van der Waals surface area contributed by atoms with Crippen molar-refractivity contribution in [2.24, 2.45) is 0 Å². The zero-order valence-electron chi connectivity index (χ0n) is 16.3. The minimum atomic E-state index is -4.63. The molecular formula is C18H22F3N5O3. The van der Waals surface area contributed by atoms with E-state index in [-0.39, 0.29) is 17.6 Å². The van der Waals surface area contributed by atoms with Gasteiger partial charge in [-0.3, -0.25) is 15.0 Å². The molecule has 1 aliphatic rings. The van der Waals surface area contributed by atoms with Crippen LogP contribution in [0.2, 0.25) is 0 Å². The lowest BCUT2D eigenvalue weighted by Crippen LogP contribution is -2.47. The maximum absolute atomic E-state index is 12.9. The first-order valence-electron chi connectivity index (χ1n) is 9.26. The molecule has 1 fully saturated rings. The van der Waals surface area contributed by atoms with Gasteiger partial charge in [-0.05, 0) is 19.1 Å². The quantitative estimate of drug-likeness (QED) is 0.541. The number of aromatic nitrogens is 2. The van der Waals surface area contributed by atoms with Crippen LogP contribution in [0.4, 0.5) is 24.5 Å². The molecule has 0 unspecified atom stereocenters. The third kappa shape index (κ3) is 4.50. The zero-order chi connectivity index (χ0) is 21.3. The normalized spacial score (nSPS) is 17.0. The maximum Gasteiger partial charge on any atom is 0.416 e. The van der Waals surface area contributed by atoms with E-state index in [2.05, 4.69) is 15.0 Å². The molecule has 0 radical (unpaired) electrons. The van der Waals surface area contributed by atoms with Crippen LogP contribution in [0.15, 0.2) is 22.7 Å². The number of rotatable bonds is 5. The highest BCUT2D eigenvalue weighted by Crippen LogP contribution is 2.37. The Kier molecular flexibility index (Phi) is 5.78. The molecule has 2 aromatic rings. The van der Waals surface area contributed by atoms with Gasteiger partial charge in [-0.1, -0.05) is 19.0 Å². The van der Waals surface area contributed by atoms with Gasteiger partial charge in [0.05, 0.1) is 16.5 Å². The molecule has 1 atom stereocenters. The number of hydrogen-bond donors (Lipinski definition) is 0. The van der Waals surface area contributed by atoms with Crippen molar-refractivity contribution in [3.8, 4) is 0 Å². The summed E-state index contributed by atoms with van der Waals surface area (Å²) in [4.78, 5) is 18.8. The van der Waals surface area contributed by atoms with Gasteiger partial charge in [-0.25, -0.2) is 0 Å². The number of halogens is 3. The van der Waals surface area contributed by atoms with Gasteiger partial charge in [0.2, 0.25) is 5.89 Å². The van der Waals surface area contributed by atoms with E-state index in [1.54, 1.807) is 4.90 Å². The molecule has 29 heavy (non-hydrogen) atoms. The van der Waals surface area contributed by atoms with E-state index in [0.29, 0.717) is 44.0 Å². The van der Waals surface area contributed by atoms with Gasteiger partial charge in [-0.2, -0.15) is 18.2 Å². The third-order valence-electron chi connectivity index (χ3n) is 5.03. The van der Waals surface area contributed by atoms with Gasteiger partial charge in [0.25, 0.3) is 5.69 Å². The Bertz CT molecular complexity index is 876. The van der Waals surface area contributed by atoms with E-state index >= 15 is 0 Å². The number of hydrogen-bond acceptors (Lipinski definition) is 7. The number of alkyl halides is 3. The van der Waals surface area contributed by atoms with Crippen molar-refractivity contribution in [1.29, 1.82) is 0 Å². The molecule has 0 saturated carbocycles. The molecule has 1 aromatic heterocycles. The molecule has 0 spiro atoms. The standard InChI is InChI=1S/C18H22F3N5O3/c1-11(2)16-22-17(29-23-16)12(3)24-6-8-25(9-7-24)14-5-4-13(18(19,20)21)10-15(14)26(27)28/h4-5,10-12H,6-9H2,1-3H3/t12-/m0/s1. The minimum absolute atomic E-state index is 0.125. The van der Waals surface area contributed by atoms with Crippen LogP contribution in [0.25, 0.3) is 0 Å². The molecular weight excluding hydrogens is 391 g/mol. The monoisotopic (exact) mass is 413 g/mol. The van der Waals surface area contributed by atoms with E-state index in [9.17, 15) is 23.3 Å². The van der Waals surface area contributed by atoms with E-state index < -0.39 is 22.4 Å². The smallest absolute Gasteiger partial charge is 0.363 e. The summed E-state index contributed by atoms with van der Waals surface area (Å²) in [5.74, 6) is 1.28. The average molecular weight is 413 g/mol. The number of piperazine rings is 1. The minimum Gasteiger partial charge on any atom is -0.363 e. The van der Waals surface area contributed by atoms with Gasteiger partial charge < -0.3 is 9.42 Å². The Balaban J connectivity index is 1.72. The summed E-state index contributed by atoms with van der Waals surface area (Å²) in [6.07, 6.45) is -4.63. The van der Waals surface area contributed by atoms with Crippen LogP contribution in [-0.4, -0.2) is 46.1 Å². The van der Waals surface area contributed by atoms with Crippen molar-refractivity contribution in [3.05, 3.63) is 45.6 Å². The van der Waals surface area contributed by atoms with Crippen LogP contribution in [-0.2, 0) is 6.18 Å². The molecule has 0 aliphatic carbocycles. The Morgan fingerprint density at radius 3 is 2.34 bits per heavy atom. The number of nitrogens with zero attached hydrogens (tertiary/aromatic N) is 5. The Hall–Kier alpha value is -2.69. The van der Waals surface area contributed by atoms with Crippen LogP contribution < -0.4 is 4.90 Å². The second-order valence-electron chi connectivity index (χ2n) is 7.30. The first-order chi connectivity index (χ1) is 13.6. The summed E-state index contributed by atoms with van der Waals surface area (Å²) in [6, 6.07) is 2.52. The topological polar surface area (TPSA) is 88.5 Å². The van der Waals surface area contributed by atoms with Crippen molar-refractivity contribution in [2.45, 2.75) is 38.9 Å². The van der Waals surface area contributed by atoms with Gasteiger partial charge in [0.15, 0.2) is 5.82 Å². The summed E-state index contributed by atoms with van der Waals surface area (Å²) in [5.41, 5.74) is -1.38. The summed E-state index contributed by atoms with van der Waals surface area (Å²) in [7, 11) is 0. The van der Waals surface area contributed by atoms with E-state index in [1.165, 1.54) is 6.07 Å². The molecule has 2 heterocycles. The molecule has 11 heteroatoms. The molecule has 1 aliphatic heterocycles. The molecule has 1 saturated heterocycles. The third-order valence-corrected chi connectivity index (χ3v) is 5.03. The van der Waals surface area contributed by atoms with E-state index in [4.69, 9.17) is 4.52 Å². The molecule has 158 valence electrons. The van der Waals surface area contributed by atoms with Crippen molar-refractivity contribution < 1.29 is 22.6 Å². The second-order valence-corrected chi connectivity index (χ2v) is 7.30. The Morgan fingerprint density at radius 2 is 1.83 bits per heavy atom. The van der Waals surface area contributed by atoms with Gasteiger partial charge in [0.1, 0.15) is 5.69 Å². The molecule has 1 aromatic carbocycles. The highest BCUT2D eigenvalue weighted by atomic mass is 19.4. The maximum atomic E-state index is 12.9. The first kappa shape index (κ1) is 21.0. The summed E-state index contributed by atoms with van der Waals surface area (Å²) < 4.78 is 44.0. The van der Waals surface area contributed by atoms with E-state index in [0.717, 1.165) is 6.07 Å². The van der Waals surface area contributed by atoms with E-state index in [1.807, 2.05) is 20.8 Å². The van der Waals surface area contributed by atoms with Crippen molar-refractivity contribution in [2.75, 3.05) is 31.1 Å². The fourth-order valence-corrected chi connectivity index (χ4v) is 3.27. The van der Waals surface area contributed by atoms with Crippen LogP contribution in [0.3, 0.4) is 0 Å². The Morgan fingerprint density at radius 1 is 1.17 bits per heavy atom. The summed E-state index contributed by atoms with van der Waals surface area (Å²) >= 11 is 0. The van der Waals surface area contributed by atoms with Crippen molar-refractivity contribution >= 4 is 11.4 Å². The lowest BCUT2D eigenvalue weighted by molar-refractivity contribution is -0.384. The van der Waals surface area contributed by atoms with Crippen molar-refractivity contribution in [3.63, 3.8) is 0 Å². The van der Waals surface area contributed by atoms with Crippen LogP contribution in [0.1, 0.15) is 50.0 Å². The second kappa shape index (κ2) is 7.97. The Labute approximate surface area is 165 Å². The SMILES string of the molecule is CC(C)c1noc([C@H](C)N2CCN(c3ccc(C(F)(F)F)cc3[N+](=O)[O-])CC2)n1. The van der Waals surface area contributed by atoms with Gasteiger partial charge in [-0.15, -0.1) is 0 Å². The largest absolute Gasteiger partial charge is 0.416 e. The number of benzene rings is 1. The highest BCUT2D eigenvalue weighted by molar-refractivity contribution is 5.65. The first-order valence-corrected chi connectivity index (χ1v) is 9.26. The molecule has 8 nitrogen and oxygen atoms in total. The molecule has 3 rings (SSSR count). The number of nitro groups is 1. The summed E-state index contributed by atoms with van der Waals surface area (Å²) in [6.45, 7) is 7.85. The molecule has 0 N–H and O–H groups in total. The average Bonchev–Trinajstić information content (AvgIpc) is 3.17. The fraction of sp³-hybridized carbons (Fsp3) is 0.556. The predicted molar refractivity (Wildman–Crippen MR) is 98.7 cm³/mol. The fourth-order valence-electron chi connectivity index (χ4n) is 3.27. The predicted octanol–water partition coefficient (Wildman–Crippen LogP) is 4.00. The van der Waals surface area contributed by atoms with Crippen molar-refractivity contribution in [1.82, 2.24) is 15.0 Å². The van der Waals surface area contributed by atoms with Crippen LogP contribution >= 0.6 is 0 Å². The van der Waals surface area contributed by atoms with Crippen LogP contribution in [0.5, 0.6) is 0 Å². The number of anilines is 1. The van der Waals surface area contributed by atoms with Gasteiger partial charge in [0, 0.05) is 38.2 Å². The lowest BCUT2D eigenvalue weighted by Gasteiger charge is -2.37. The molecule has 0 bridgehead atoms. The lowest BCUT2D eigenvalue weighted by atomic mass is 10.1. The number of nitro benzene ring substituents is 1. The van der Waals surface area contributed by atoms with Gasteiger partial charge >= 0.3 is 6.18 Å². The molecule has 0 amide bonds. The van der Waals surface area contributed by atoms with Crippen LogP contribution in [0, 0.1) is 10.1 Å². The zero-order valence-corrected chi connectivity index (χ0v) is 16.3. The highest BCUT2D eigenvalue weighted by Gasteiger charge is 2.34.